The van der Waals surface area contributed by atoms with Crippen molar-refractivity contribution in [3.63, 3.8) is 0 Å². The minimum atomic E-state index is -1.15. The molecule has 0 saturated heterocycles. The van der Waals surface area contributed by atoms with Gasteiger partial charge in [0, 0.05) is 18.4 Å². The van der Waals surface area contributed by atoms with Gasteiger partial charge in [-0.1, -0.05) is 12.1 Å². The molecule has 0 atom stereocenters. The Balaban J connectivity index is 2.06. The van der Waals surface area contributed by atoms with Crippen molar-refractivity contribution in [1.82, 2.24) is 0 Å². The van der Waals surface area contributed by atoms with Crippen LogP contribution in [0.4, 0.5) is 5.69 Å². The SMILES string of the molecule is O=C(O)c1coc(C(=O)Nc2cccc(CCCO)c2)c1. The van der Waals surface area contributed by atoms with Gasteiger partial charge in [-0.05, 0) is 30.5 Å². The zero-order valence-corrected chi connectivity index (χ0v) is 11.2. The van der Waals surface area contributed by atoms with Crippen LogP contribution >= 0.6 is 0 Å². The number of furan rings is 1. The number of amides is 1. The first-order valence-electron chi connectivity index (χ1n) is 6.43. The van der Waals surface area contributed by atoms with Gasteiger partial charge in [-0.15, -0.1) is 0 Å². The maximum Gasteiger partial charge on any atom is 0.338 e. The van der Waals surface area contributed by atoms with Crippen LogP contribution in [0.3, 0.4) is 0 Å². The third-order valence-corrected chi connectivity index (χ3v) is 2.88. The van der Waals surface area contributed by atoms with E-state index in [1.165, 1.54) is 6.07 Å². The number of aryl methyl sites for hydroxylation is 1. The molecule has 0 aliphatic carbocycles. The normalized spacial score (nSPS) is 10.3. The first-order chi connectivity index (χ1) is 10.1. The molecule has 3 N–H and O–H groups in total. The van der Waals surface area contributed by atoms with Gasteiger partial charge in [-0.25, -0.2) is 4.79 Å². The number of aliphatic hydroxyl groups is 1. The number of rotatable bonds is 6. The number of anilines is 1. The van der Waals surface area contributed by atoms with E-state index in [0.29, 0.717) is 18.5 Å². The molecule has 0 fully saturated rings. The molecule has 1 aromatic carbocycles. The Kier molecular flexibility index (Phi) is 4.73. The molecule has 110 valence electrons. The summed E-state index contributed by atoms with van der Waals surface area (Å²) in [7, 11) is 0. The Morgan fingerprint density at radius 1 is 1.24 bits per heavy atom. The molecule has 0 saturated carbocycles. The number of hydrogen-bond acceptors (Lipinski definition) is 4. The van der Waals surface area contributed by atoms with E-state index in [-0.39, 0.29) is 17.9 Å². The van der Waals surface area contributed by atoms with Gasteiger partial charge in [0.2, 0.25) is 0 Å². The molecular formula is C15H15NO5. The van der Waals surface area contributed by atoms with Gasteiger partial charge < -0.3 is 19.9 Å². The van der Waals surface area contributed by atoms with Crippen LogP contribution in [0.25, 0.3) is 0 Å². The van der Waals surface area contributed by atoms with Gasteiger partial charge in [-0.3, -0.25) is 4.79 Å². The number of carbonyl (C=O) groups excluding carboxylic acids is 1. The van der Waals surface area contributed by atoms with Crippen LogP contribution < -0.4 is 5.32 Å². The quantitative estimate of drug-likeness (QED) is 0.756. The number of nitrogens with one attached hydrogen (secondary N) is 1. The van der Waals surface area contributed by atoms with Crippen molar-refractivity contribution in [2.24, 2.45) is 0 Å². The summed E-state index contributed by atoms with van der Waals surface area (Å²) >= 11 is 0. The molecule has 0 bridgehead atoms. The van der Waals surface area contributed by atoms with Gasteiger partial charge in [0.25, 0.3) is 5.91 Å². The molecule has 0 radical (unpaired) electrons. The van der Waals surface area contributed by atoms with E-state index in [1.54, 1.807) is 18.2 Å². The number of carboxylic acids is 1. The van der Waals surface area contributed by atoms with Crippen LogP contribution in [0.2, 0.25) is 0 Å². The zero-order valence-electron chi connectivity index (χ0n) is 11.2. The summed E-state index contributed by atoms with van der Waals surface area (Å²) in [5.41, 5.74) is 1.51. The number of aliphatic hydroxyl groups excluding tert-OH is 1. The molecule has 1 amide bonds. The standard InChI is InChI=1S/C15H15NO5/c17-6-2-4-10-3-1-5-12(7-10)16-14(18)13-8-11(9-21-13)15(19)20/h1,3,5,7-9,17H,2,4,6H2,(H,16,18)(H,19,20). The van der Waals surface area contributed by atoms with Gasteiger partial charge in [0.1, 0.15) is 6.26 Å². The molecular weight excluding hydrogens is 274 g/mol. The van der Waals surface area contributed by atoms with Crippen LogP contribution in [0.15, 0.2) is 41.0 Å². The summed E-state index contributed by atoms with van der Waals surface area (Å²) in [6.45, 7) is 0.112. The van der Waals surface area contributed by atoms with Crippen molar-refractivity contribution in [1.29, 1.82) is 0 Å². The monoisotopic (exact) mass is 289 g/mol. The van der Waals surface area contributed by atoms with E-state index in [4.69, 9.17) is 14.6 Å². The molecule has 6 nitrogen and oxygen atoms in total. The Hall–Kier alpha value is -2.60. The highest BCUT2D eigenvalue weighted by Crippen LogP contribution is 2.15. The topological polar surface area (TPSA) is 99.8 Å². The smallest absolute Gasteiger partial charge is 0.338 e. The number of carbonyl (C=O) groups is 2. The van der Waals surface area contributed by atoms with E-state index in [0.717, 1.165) is 11.8 Å². The Morgan fingerprint density at radius 3 is 2.71 bits per heavy atom. The summed E-state index contributed by atoms with van der Waals surface area (Å²) in [5, 5.41) is 20.2. The van der Waals surface area contributed by atoms with Crippen molar-refractivity contribution in [3.05, 3.63) is 53.5 Å². The van der Waals surface area contributed by atoms with E-state index >= 15 is 0 Å². The summed E-state index contributed by atoms with van der Waals surface area (Å²) < 4.78 is 4.93. The molecule has 0 spiro atoms. The molecule has 2 rings (SSSR count). The summed E-state index contributed by atoms with van der Waals surface area (Å²) in [5.74, 6) is -1.72. The second-order valence-corrected chi connectivity index (χ2v) is 4.49. The zero-order chi connectivity index (χ0) is 15.2. The molecule has 21 heavy (non-hydrogen) atoms. The first kappa shape index (κ1) is 14.8. The van der Waals surface area contributed by atoms with Crippen LogP contribution in [-0.2, 0) is 6.42 Å². The van der Waals surface area contributed by atoms with Crippen molar-refractivity contribution >= 4 is 17.6 Å². The van der Waals surface area contributed by atoms with Gasteiger partial charge in [0.15, 0.2) is 5.76 Å². The summed E-state index contributed by atoms with van der Waals surface area (Å²) in [6.07, 6.45) is 2.39. The number of benzene rings is 1. The molecule has 0 aliphatic heterocycles. The lowest BCUT2D eigenvalue weighted by molar-refractivity contribution is 0.0696. The fourth-order valence-electron chi connectivity index (χ4n) is 1.85. The van der Waals surface area contributed by atoms with Crippen LogP contribution in [0.5, 0.6) is 0 Å². The predicted molar refractivity (Wildman–Crippen MR) is 75.5 cm³/mol. The fraction of sp³-hybridized carbons (Fsp3) is 0.200. The number of aromatic carboxylic acids is 1. The van der Waals surface area contributed by atoms with Gasteiger partial charge in [-0.2, -0.15) is 0 Å². The van der Waals surface area contributed by atoms with E-state index < -0.39 is 11.9 Å². The number of carboxylic acid groups (broad SMARTS) is 1. The minimum Gasteiger partial charge on any atom is -0.478 e. The van der Waals surface area contributed by atoms with E-state index in [9.17, 15) is 9.59 Å². The van der Waals surface area contributed by atoms with Gasteiger partial charge in [0.05, 0.1) is 5.56 Å². The highest BCUT2D eigenvalue weighted by Gasteiger charge is 2.14. The molecule has 0 aliphatic rings. The van der Waals surface area contributed by atoms with E-state index in [2.05, 4.69) is 5.32 Å². The van der Waals surface area contributed by atoms with Crippen LogP contribution in [0.1, 0.15) is 32.9 Å². The Labute approximate surface area is 121 Å². The highest BCUT2D eigenvalue weighted by molar-refractivity contribution is 6.03. The average molecular weight is 289 g/mol. The third kappa shape index (κ3) is 3.93. The molecule has 1 heterocycles. The third-order valence-electron chi connectivity index (χ3n) is 2.88. The fourth-order valence-corrected chi connectivity index (χ4v) is 1.85. The molecule has 0 unspecified atom stereocenters. The molecule has 6 heteroatoms. The van der Waals surface area contributed by atoms with E-state index in [1.807, 2.05) is 6.07 Å². The lowest BCUT2D eigenvalue weighted by atomic mass is 10.1. The first-order valence-corrected chi connectivity index (χ1v) is 6.43. The van der Waals surface area contributed by atoms with Crippen molar-refractivity contribution in [3.8, 4) is 0 Å². The highest BCUT2D eigenvalue weighted by atomic mass is 16.4. The van der Waals surface area contributed by atoms with Crippen molar-refractivity contribution in [2.75, 3.05) is 11.9 Å². The van der Waals surface area contributed by atoms with Crippen molar-refractivity contribution in [2.45, 2.75) is 12.8 Å². The largest absolute Gasteiger partial charge is 0.478 e. The second kappa shape index (κ2) is 6.71. The van der Waals surface area contributed by atoms with Gasteiger partial charge >= 0.3 is 5.97 Å². The Bertz CT molecular complexity index is 647. The molecule has 2 aromatic rings. The second-order valence-electron chi connectivity index (χ2n) is 4.49. The predicted octanol–water partition coefficient (Wildman–Crippen LogP) is 2.16. The lowest BCUT2D eigenvalue weighted by Crippen LogP contribution is -2.11. The average Bonchev–Trinajstić information content (AvgIpc) is 2.95. The minimum absolute atomic E-state index is 0.0619. The number of hydrogen-bond donors (Lipinski definition) is 3. The van der Waals surface area contributed by atoms with Crippen molar-refractivity contribution < 1.29 is 24.2 Å². The summed E-state index contributed by atoms with van der Waals surface area (Å²) in [4.78, 5) is 22.7. The Morgan fingerprint density at radius 2 is 2.05 bits per heavy atom. The lowest BCUT2D eigenvalue weighted by Gasteiger charge is -2.05. The van der Waals surface area contributed by atoms with Crippen LogP contribution in [0, 0.1) is 0 Å². The molecule has 1 aromatic heterocycles. The van der Waals surface area contributed by atoms with Crippen LogP contribution in [-0.4, -0.2) is 28.7 Å². The maximum absolute atomic E-state index is 11.9. The maximum atomic E-state index is 11.9. The summed E-state index contributed by atoms with van der Waals surface area (Å²) in [6, 6.07) is 8.40.